The van der Waals surface area contributed by atoms with Gasteiger partial charge in [0.15, 0.2) is 0 Å². The molecule has 1 fully saturated rings. The van der Waals surface area contributed by atoms with E-state index in [4.69, 9.17) is 4.74 Å². The normalized spacial score (nSPS) is 16.0. The molecule has 3 N–H and O–H groups in total. The second-order valence-electron chi connectivity index (χ2n) is 9.78. The predicted octanol–water partition coefficient (Wildman–Crippen LogP) is 4.70. The first-order valence-electron chi connectivity index (χ1n) is 12.5. The average molecular weight is 479 g/mol. The molecule has 0 bridgehead atoms. The largest absolute Gasteiger partial charge is 0.481 e. The molecule has 7 heteroatoms. The Kier molecular flexibility index (Phi) is 8.06. The minimum absolute atomic E-state index is 0.0155. The van der Waals surface area contributed by atoms with E-state index in [0.29, 0.717) is 31.6 Å². The monoisotopic (exact) mass is 478 g/mol. The lowest BCUT2D eigenvalue weighted by Gasteiger charge is -2.17. The van der Waals surface area contributed by atoms with Gasteiger partial charge in [-0.15, -0.1) is 0 Å². The van der Waals surface area contributed by atoms with E-state index in [0.717, 1.165) is 12.8 Å². The second-order valence-corrected chi connectivity index (χ2v) is 9.78. The molecule has 2 aliphatic rings. The summed E-state index contributed by atoms with van der Waals surface area (Å²) in [6, 6.07) is 16.3. The van der Waals surface area contributed by atoms with Gasteiger partial charge in [-0.1, -0.05) is 61.4 Å². The topological polar surface area (TPSA) is 105 Å². The zero-order valence-corrected chi connectivity index (χ0v) is 20.2. The van der Waals surface area contributed by atoms with E-state index in [9.17, 15) is 19.5 Å². The van der Waals surface area contributed by atoms with Crippen LogP contribution in [0.15, 0.2) is 48.5 Å². The number of hydrogen-bond donors (Lipinski definition) is 3. The lowest BCUT2D eigenvalue weighted by atomic mass is 9.98. The molecule has 7 nitrogen and oxygen atoms in total. The van der Waals surface area contributed by atoms with Crippen LogP contribution >= 0.6 is 0 Å². The quantitative estimate of drug-likeness (QED) is 0.410. The maximum Gasteiger partial charge on any atom is 0.407 e. The number of hydrogen-bond acceptors (Lipinski definition) is 4. The van der Waals surface area contributed by atoms with E-state index in [1.54, 1.807) is 0 Å². The summed E-state index contributed by atoms with van der Waals surface area (Å²) in [5.41, 5.74) is 4.71. The summed E-state index contributed by atoms with van der Waals surface area (Å²) >= 11 is 0. The van der Waals surface area contributed by atoms with Crippen LogP contribution in [-0.2, 0) is 14.3 Å². The molecule has 2 aromatic rings. The van der Waals surface area contributed by atoms with E-state index in [1.807, 2.05) is 31.2 Å². The number of amides is 2. The van der Waals surface area contributed by atoms with Crippen LogP contribution in [0.5, 0.6) is 0 Å². The first kappa shape index (κ1) is 24.8. The lowest BCUT2D eigenvalue weighted by molar-refractivity contribution is -0.142. The summed E-state index contributed by atoms with van der Waals surface area (Å²) in [7, 11) is 0. The number of aliphatic carboxylic acids is 1. The third kappa shape index (κ3) is 6.62. The minimum atomic E-state index is -0.849. The first-order valence-corrected chi connectivity index (χ1v) is 12.5. The Morgan fingerprint density at radius 1 is 1.03 bits per heavy atom. The number of carboxylic acids is 1. The maximum atomic E-state index is 12.4. The highest BCUT2D eigenvalue weighted by molar-refractivity contribution is 5.79. The van der Waals surface area contributed by atoms with Crippen molar-refractivity contribution in [1.29, 1.82) is 0 Å². The highest BCUT2D eigenvalue weighted by atomic mass is 16.5. The van der Waals surface area contributed by atoms with Crippen molar-refractivity contribution in [3.8, 4) is 11.1 Å². The van der Waals surface area contributed by atoms with Gasteiger partial charge in [0.2, 0.25) is 5.91 Å². The Labute approximate surface area is 206 Å². The molecular weight excluding hydrogens is 444 g/mol. The van der Waals surface area contributed by atoms with Crippen molar-refractivity contribution in [3.05, 3.63) is 59.7 Å². The van der Waals surface area contributed by atoms with Gasteiger partial charge in [-0.25, -0.2) is 4.79 Å². The van der Waals surface area contributed by atoms with Crippen molar-refractivity contribution < 1.29 is 24.2 Å². The first-order chi connectivity index (χ1) is 16.9. The molecule has 186 valence electrons. The van der Waals surface area contributed by atoms with Crippen molar-refractivity contribution in [2.45, 2.75) is 57.4 Å². The SMILES string of the molecule is CC(CCCC(=O)NCC(CC1CC1)C(=O)O)NC(=O)OCC1c2ccccc2-c2ccccc21. The van der Waals surface area contributed by atoms with Gasteiger partial charge in [0.1, 0.15) is 6.61 Å². The Hall–Kier alpha value is -3.35. The number of benzene rings is 2. The van der Waals surface area contributed by atoms with Crippen LogP contribution in [0.4, 0.5) is 4.79 Å². The third-order valence-corrected chi connectivity index (χ3v) is 6.96. The Balaban J connectivity index is 1.16. The number of nitrogens with one attached hydrogen (secondary N) is 2. The average Bonchev–Trinajstić information content (AvgIpc) is 3.61. The predicted molar refractivity (Wildman–Crippen MR) is 133 cm³/mol. The van der Waals surface area contributed by atoms with Crippen LogP contribution in [0.1, 0.15) is 62.5 Å². The molecule has 1 saturated carbocycles. The summed E-state index contributed by atoms with van der Waals surface area (Å²) in [4.78, 5) is 35.8. The fraction of sp³-hybridized carbons (Fsp3) is 0.464. The highest BCUT2D eigenvalue weighted by Crippen LogP contribution is 2.44. The lowest BCUT2D eigenvalue weighted by Crippen LogP contribution is -2.35. The summed E-state index contributed by atoms with van der Waals surface area (Å²) < 4.78 is 5.58. The number of fused-ring (bicyclic) bond motifs is 3. The van der Waals surface area contributed by atoms with Crippen LogP contribution in [0.2, 0.25) is 0 Å². The molecule has 0 aromatic heterocycles. The number of alkyl carbamates (subject to hydrolysis) is 1. The number of carbonyl (C=O) groups excluding carboxylic acids is 2. The van der Waals surface area contributed by atoms with Crippen LogP contribution in [0.3, 0.4) is 0 Å². The van der Waals surface area contributed by atoms with E-state index in [1.165, 1.54) is 22.3 Å². The number of ether oxygens (including phenoxy) is 1. The molecule has 0 heterocycles. The van der Waals surface area contributed by atoms with Gasteiger partial charge >= 0.3 is 12.1 Å². The van der Waals surface area contributed by atoms with Crippen molar-refractivity contribution in [3.63, 3.8) is 0 Å². The fourth-order valence-electron chi connectivity index (χ4n) is 4.84. The Morgan fingerprint density at radius 3 is 2.26 bits per heavy atom. The smallest absolute Gasteiger partial charge is 0.407 e. The van der Waals surface area contributed by atoms with Crippen LogP contribution in [-0.4, -0.2) is 42.3 Å². The second kappa shape index (κ2) is 11.4. The molecule has 2 aromatic carbocycles. The van der Waals surface area contributed by atoms with E-state index < -0.39 is 18.0 Å². The van der Waals surface area contributed by atoms with Gasteiger partial charge in [-0.3, -0.25) is 9.59 Å². The standard InChI is InChI=1S/C28H34N2O5/c1-18(7-6-12-26(31)29-16-20(27(32)33)15-19-13-14-19)30-28(34)35-17-25-23-10-4-2-8-21(23)22-9-3-5-11-24(22)25/h2-5,8-11,18-20,25H,6-7,12-17H2,1H3,(H,29,31)(H,30,34)(H,32,33). The maximum absolute atomic E-state index is 12.4. The number of carboxylic acid groups (broad SMARTS) is 1. The van der Waals surface area contributed by atoms with Gasteiger partial charge in [0.25, 0.3) is 0 Å². The van der Waals surface area contributed by atoms with Gasteiger partial charge in [-0.2, -0.15) is 0 Å². The van der Waals surface area contributed by atoms with Crippen molar-refractivity contribution in [1.82, 2.24) is 10.6 Å². The van der Waals surface area contributed by atoms with Gasteiger partial charge in [-0.05, 0) is 54.4 Å². The molecule has 0 aliphatic heterocycles. The van der Waals surface area contributed by atoms with Gasteiger partial charge < -0.3 is 20.5 Å². The summed E-state index contributed by atoms with van der Waals surface area (Å²) in [5.74, 6) is -1.00. The molecule has 2 aliphatic carbocycles. The third-order valence-electron chi connectivity index (χ3n) is 6.96. The molecule has 2 unspecified atom stereocenters. The van der Waals surface area contributed by atoms with Crippen molar-refractivity contribution >= 4 is 18.0 Å². The Morgan fingerprint density at radius 2 is 1.66 bits per heavy atom. The summed E-state index contributed by atoms with van der Waals surface area (Å²) in [5, 5.41) is 14.9. The van der Waals surface area contributed by atoms with Crippen LogP contribution in [0.25, 0.3) is 11.1 Å². The molecule has 2 amide bonds. The molecule has 35 heavy (non-hydrogen) atoms. The summed E-state index contributed by atoms with van der Waals surface area (Å²) in [6.45, 7) is 2.33. The van der Waals surface area contributed by atoms with E-state index >= 15 is 0 Å². The number of carbonyl (C=O) groups is 3. The van der Waals surface area contributed by atoms with Crippen LogP contribution < -0.4 is 10.6 Å². The zero-order chi connectivity index (χ0) is 24.8. The molecule has 2 atom stereocenters. The highest BCUT2D eigenvalue weighted by Gasteiger charge is 2.30. The number of rotatable bonds is 12. The van der Waals surface area contributed by atoms with Crippen molar-refractivity contribution in [2.75, 3.05) is 13.2 Å². The minimum Gasteiger partial charge on any atom is -0.481 e. The van der Waals surface area contributed by atoms with Gasteiger partial charge in [0.05, 0.1) is 5.92 Å². The summed E-state index contributed by atoms with van der Waals surface area (Å²) in [6.07, 6.45) is 3.87. The van der Waals surface area contributed by atoms with Crippen LogP contribution in [0, 0.1) is 11.8 Å². The molecular formula is C28H34N2O5. The molecule has 0 spiro atoms. The molecule has 0 saturated heterocycles. The van der Waals surface area contributed by atoms with Crippen molar-refractivity contribution in [2.24, 2.45) is 11.8 Å². The fourth-order valence-corrected chi connectivity index (χ4v) is 4.84. The zero-order valence-electron chi connectivity index (χ0n) is 20.2. The molecule has 4 rings (SSSR count). The van der Waals surface area contributed by atoms with E-state index in [2.05, 4.69) is 34.9 Å². The van der Waals surface area contributed by atoms with E-state index in [-0.39, 0.29) is 31.0 Å². The Bertz CT molecular complexity index is 1020. The molecule has 0 radical (unpaired) electrons. The van der Waals surface area contributed by atoms with Gasteiger partial charge in [0, 0.05) is 24.9 Å².